The van der Waals surface area contributed by atoms with Gasteiger partial charge in [0.25, 0.3) is 0 Å². The SMILES string of the molecule is CCCCCCCCCCCCCCCCN(C)CCCCCC. The second kappa shape index (κ2) is 21.0. The first-order valence-corrected chi connectivity index (χ1v) is 11.5. The van der Waals surface area contributed by atoms with Crippen molar-refractivity contribution in [1.82, 2.24) is 4.90 Å². The van der Waals surface area contributed by atoms with Crippen molar-refractivity contribution in [2.45, 2.75) is 129 Å². The Bertz CT molecular complexity index is 214. The maximum absolute atomic E-state index is 2.54. The maximum Gasteiger partial charge on any atom is -0.00218 e. The molecule has 0 heterocycles. The van der Waals surface area contributed by atoms with Gasteiger partial charge in [-0.1, -0.05) is 117 Å². The molecular formula is C23H49N. The van der Waals surface area contributed by atoms with E-state index in [9.17, 15) is 0 Å². The number of rotatable bonds is 20. The van der Waals surface area contributed by atoms with Gasteiger partial charge in [0.1, 0.15) is 0 Å². The monoisotopic (exact) mass is 339 g/mol. The van der Waals surface area contributed by atoms with Crippen LogP contribution in [0.4, 0.5) is 0 Å². The zero-order valence-electron chi connectivity index (χ0n) is 17.6. The van der Waals surface area contributed by atoms with E-state index in [2.05, 4.69) is 25.8 Å². The average molecular weight is 340 g/mol. The maximum atomic E-state index is 2.54. The largest absolute Gasteiger partial charge is 0.306 e. The molecule has 0 aromatic rings. The summed E-state index contributed by atoms with van der Waals surface area (Å²) in [5, 5.41) is 0. The molecule has 0 N–H and O–H groups in total. The van der Waals surface area contributed by atoms with Gasteiger partial charge in [-0.15, -0.1) is 0 Å². The Morgan fingerprint density at radius 3 is 0.958 bits per heavy atom. The summed E-state index contributed by atoms with van der Waals surface area (Å²) in [6.07, 6.45) is 26.0. The molecule has 0 aliphatic heterocycles. The molecule has 146 valence electrons. The molecule has 0 bridgehead atoms. The van der Waals surface area contributed by atoms with Crippen LogP contribution in [0.15, 0.2) is 0 Å². The molecule has 0 saturated carbocycles. The molecule has 24 heavy (non-hydrogen) atoms. The Balaban J connectivity index is 3.06. The Morgan fingerprint density at radius 1 is 0.375 bits per heavy atom. The number of nitrogens with zero attached hydrogens (tertiary/aromatic N) is 1. The molecule has 0 aromatic heterocycles. The fraction of sp³-hybridized carbons (Fsp3) is 1.00. The van der Waals surface area contributed by atoms with Crippen molar-refractivity contribution >= 4 is 0 Å². The van der Waals surface area contributed by atoms with Crippen LogP contribution >= 0.6 is 0 Å². The van der Waals surface area contributed by atoms with Gasteiger partial charge in [0.15, 0.2) is 0 Å². The summed E-state index contributed by atoms with van der Waals surface area (Å²) >= 11 is 0. The first-order valence-electron chi connectivity index (χ1n) is 11.5. The fourth-order valence-corrected chi connectivity index (χ4v) is 3.50. The minimum Gasteiger partial charge on any atom is -0.306 e. The quantitative estimate of drug-likeness (QED) is 0.203. The Hall–Kier alpha value is -0.0400. The van der Waals surface area contributed by atoms with Crippen LogP contribution in [-0.2, 0) is 0 Å². The van der Waals surface area contributed by atoms with E-state index < -0.39 is 0 Å². The topological polar surface area (TPSA) is 3.24 Å². The zero-order valence-corrected chi connectivity index (χ0v) is 17.6. The molecular weight excluding hydrogens is 290 g/mol. The third kappa shape index (κ3) is 20.0. The van der Waals surface area contributed by atoms with Crippen LogP contribution in [0.2, 0.25) is 0 Å². The molecule has 1 heteroatoms. The Labute approximate surface area is 155 Å². The van der Waals surface area contributed by atoms with E-state index in [0.717, 1.165) is 0 Å². The molecule has 0 amide bonds. The van der Waals surface area contributed by atoms with Crippen LogP contribution in [0.5, 0.6) is 0 Å². The number of unbranched alkanes of at least 4 members (excludes halogenated alkanes) is 16. The van der Waals surface area contributed by atoms with Gasteiger partial charge in [-0.05, 0) is 33.0 Å². The third-order valence-electron chi connectivity index (χ3n) is 5.29. The van der Waals surface area contributed by atoms with Crippen LogP contribution in [-0.4, -0.2) is 25.0 Å². The van der Waals surface area contributed by atoms with Crippen molar-refractivity contribution in [1.29, 1.82) is 0 Å². The minimum absolute atomic E-state index is 1.30. The molecule has 0 rings (SSSR count). The molecule has 0 fully saturated rings. The highest BCUT2D eigenvalue weighted by Gasteiger charge is 1.98. The Morgan fingerprint density at radius 2 is 0.625 bits per heavy atom. The smallest absolute Gasteiger partial charge is 0.00218 e. The summed E-state index contributed by atoms with van der Waals surface area (Å²) in [5.74, 6) is 0. The molecule has 0 aromatic carbocycles. The lowest BCUT2D eigenvalue weighted by molar-refractivity contribution is 0.314. The van der Waals surface area contributed by atoms with Crippen molar-refractivity contribution < 1.29 is 0 Å². The van der Waals surface area contributed by atoms with Crippen LogP contribution in [0.3, 0.4) is 0 Å². The molecule has 0 spiro atoms. The predicted octanol–water partition coefficient (Wildman–Crippen LogP) is 7.98. The molecule has 0 radical (unpaired) electrons. The summed E-state index contributed by atoms with van der Waals surface area (Å²) < 4.78 is 0. The lowest BCUT2D eigenvalue weighted by atomic mass is 10.0. The minimum atomic E-state index is 1.30. The first kappa shape index (κ1) is 24.0. The van der Waals surface area contributed by atoms with E-state index in [4.69, 9.17) is 0 Å². The molecule has 0 aliphatic carbocycles. The van der Waals surface area contributed by atoms with E-state index in [-0.39, 0.29) is 0 Å². The second-order valence-electron chi connectivity index (χ2n) is 7.96. The molecule has 0 unspecified atom stereocenters. The molecule has 0 aliphatic rings. The number of hydrogen-bond acceptors (Lipinski definition) is 1. The summed E-state index contributed by atoms with van der Waals surface area (Å²) in [7, 11) is 2.30. The number of hydrogen-bond donors (Lipinski definition) is 0. The molecule has 1 nitrogen and oxygen atoms in total. The van der Waals surface area contributed by atoms with Gasteiger partial charge in [-0.25, -0.2) is 0 Å². The Kier molecular flexibility index (Phi) is 21.0. The van der Waals surface area contributed by atoms with Gasteiger partial charge < -0.3 is 4.90 Å². The van der Waals surface area contributed by atoms with Gasteiger partial charge in [0.2, 0.25) is 0 Å². The molecule has 0 atom stereocenters. The highest BCUT2D eigenvalue weighted by Crippen LogP contribution is 2.13. The zero-order chi connectivity index (χ0) is 17.7. The van der Waals surface area contributed by atoms with Crippen molar-refractivity contribution in [3.05, 3.63) is 0 Å². The van der Waals surface area contributed by atoms with Gasteiger partial charge >= 0.3 is 0 Å². The van der Waals surface area contributed by atoms with Gasteiger partial charge in [0, 0.05) is 0 Å². The first-order chi connectivity index (χ1) is 11.8. The van der Waals surface area contributed by atoms with Crippen LogP contribution in [0.1, 0.15) is 129 Å². The van der Waals surface area contributed by atoms with Crippen LogP contribution in [0.25, 0.3) is 0 Å². The molecule has 0 saturated heterocycles. The second-order valence-corrected chi connectivity index (χ2v) is 7.96. The lowest BCUT2D eigenvalue weighted by Gasteiger charge is -2.16. The normalized spacial score (nSPS) is 11.5. The van der Waals surface area contributed by atoms with E-state index >= 15 is 0 Å². The third-order valence-corrected chi connectivity index (χ3v) is 5.29. The highest BCUT2D eigenvalue weighted by molar-refractivity contribution is 4.54. The summed E-state index contributed by atoms with van der Waals surface area (Å²) in [5.41, 5.74) is 0. The van der Waals surface area contributed by atoms with Gasteiger partial charge in [-0.2, -0.15) is 0 Å². The summed E-state index contributed by atoms with van der Waals surface area (Å²) in [4.78, 5) is 2.54. The highest BCUT2D eigenvalue weighted by atomic mass is 15.1. The van der Waals surface area contributed by atoms with Gasteiger partial charge in [-0.3, -0.25) is 0 Å². The fourth-order valence-electron chi connectivity index (χ4n) is 3.50. The van der Waals surface area contributed by atoms with E-state index in [1.54, 1.807) is 0 Å². The summed E-state index contributed by atoms with van der Waals surface area (Å²) in [6.45, 7) is 7.20. The van der Waals surface area contributed by atoms with Crippen molar-refractivity contribution in [3.63, 3.8) is 0 Å². The standard InChI is InChI=1S/C23H49N/c1-4-6-8-10-11-12-13-14-15-16-17-18-19-21-23-24(3)22-20-9-7-5-2/h4-23H2,1-3H3. The van der Waals surface area contributed by atoms with E-state index in [1.807, 2.05) is 0 Å². The average Bonchev–Trinajstić information content (AvgIpc) is 2.59. The van der Waals surface area contributed by atoms with Gasteiger partial charge in [0.05, 0.1) is 0 Å². The van der Waals surface area contributed by atoms with Crippen LogP contribution in [0, 0.1) is 0 Å². The van der Waals surface area contributed by atoms with Crippen LogP contribution < -0.4 is 0 Å². The lowest BCUT2D eigenvalue weighted by Crippen LogP contribution is -2.20. The predicted molar refractivity (Wildman–Crippen MR) is 112 cm³/mol. The van der Waals surface area contributed by atoms with Crippen molar-refractivity contribution in [2.24, 2.45) is 0 Å². The van der Waals surface area contributed by atoms with E-state index in [1.165, 1.54) is 129 Å². The van der Waals surface area contributed by atoms with Crippen molar-refractivity contribution in [2.75, 3.05) is 20.1 Å². The summed E-state index contributed by atoms with van der Waals surface area (Å²) in [6, 6.07) is 0. The van der Waals surface area contributed by atoms with E-state index in [0.29, 0.717) is 0 Å². The van der Waals surface area contributed by atoms with Crippen molar-refractivity contribution in [3.8, 4) is 0 Å².